The highest BCUT2D eigenvalue weighted by Gasteiger charge is 2.17. The molecule has 1 aliphatic carbocycles. The maximum absolute atomic E-state index is 5.56. The Balaban J connectivity index is 1.91. The van der Waals surface area contributed by atoms with E-state index < -0.39 is 0 Å². The van der Waals surface area contributed by atoms with Gasteiger partial charge in [-0.15, -0.1) is 0 Å². The summed E-state index contributed by atoms with van der Waals surface area (Å²) in [7, 11) is 0. The van der Waals surface area contributed by atoms with Crippen molar-refractivity contribution in [1.29, 1.82) is 0 Å². The Hall–Kier alpha value is -1.03. The summed E-state index contributed by atoms with van der Waals surface area (Å²) in [5.74, 6) is 0.989. The summed E-state index contributed by atoms with van der Waals surface area (Å²) in [6.45, 7) is 5.76. The van der Waals surface area contributed by atoms with E-state index in [0.717, 1.165) is 19.1 Å². The number of anilines is 1. The Bertz CT molecular complexity index is 331. The van der Waals surface area contributed by atoms with Gasteiger partial charge in [-0.1, -0.05) is 12.8 Å². The first-order valence-electron chi connectivity index (χ1n) is 6.69. The van der Waals surface area contributed by atoms with Crippen molar-refractivity contribution in [2.75, 3.05) is 11.9 Å². The number of imidazole rings is 1. The third-order valence-electron chi connectivity index (χ3n) is 3.31. The van der Waals surface area contributed by atoms with Gasteiger partial charge in [0.2, 0.25) is 5.95 Å². The Kier molecular flexibility index (Phi) is 4.42. The van der Waals surface area contributed by atoms with Crippen LogP contribution in [-0.4, -0.2) is 28.3 Å². The van der Waals surface area contributed by atoms with Gasteiger partial charge in [0, 0.05) is 25.0 Å². The minimum atomic E-state index is 0.235. The van der Waals surface area contributed by atoms with Crippen LogP contribution in [0.5, 0.6) is 0 Å². The normalized spacial score (nSPS) is 18.5. The summed E-state index contributed by atoms with van der Waals surface area (Å²) in [4.78, 5) is 4.39. The van der Waals surface area contributed by atoms with Crippen molar-refractivity contribution in [3.8, 4) is 0 Å². The summed E-state index contributed by atoms with van der Waals surface area (Å²) in [6, 6.07) is 0.610. The second-order valence-corrected chi connectivity index (χ2v) is 4.79. The lowest BCUT2D eigenvalue weighted by Crippen LogP contribution is -2.21. The Morgan fingerprint density at radius 2 is 2.29 bits per heavy atom. The van der Waals surface area contributed by atoms with Crippen LogP contribution in [0.1, 0.15) is 39.5 Å². The molecule has 1 aliphatic rings. The van der Waals surface area contributed by atoms with Crippen molar-refractivity contribution in [1.82, 2.24) is 9.55 Å². The molecule has 4 heteroatoms. The maximum Gasteiger partial charge on any atom is 0.203 e. The van der Waals surface area contributed by atoms with Gasteiger partial charge in [-0.2, -0.15) is 0 Å². The molecule has 0 amide bonds. The van der Waals surface area contributed by atoms with Crippen molar-refractivity contribution < 1.29 is 4.74 Å². The van der Waals surface area contributed by atoms with E-state index in [1.165, 1.54) is 25.7 Å². The van der Waals surface area contributed by atoms with E-state index in [9.17, 15) is 0 Å². The molecular formula is C13H23N3O. The van der Waals surface area contributed by atoms with Gasteiger partial charge < -0.3 is 14.6 Å². The molecule has 4 nitrogen and oxygen atoms in total. The van der Waals surface area contributed by atoms with Crippen molar-refractivity contribution in [3.05, 3.63) is 12.4 Å². The quantitative estimate of drug-likeness (QED) is 0.826. The molecule has 2 rings (SSSR count). The molecule has 1 saturated carbocycles. The van der Waals surface area contributed by atoms with Gasteiger partial charge in [-0.3, -0.25) is 0 Å². The Morgan fingerprint density at radius 3 is 3.00 bits per heavy atom. The second-order valence-electron chi connectivity index (χ2n) is 4.79. The van der Waals surface area contributed by atoms with Crippen LogP contribution in [0.2, 0.25) is 0 Å². The SMILES string of the molecule is CCOC(C)Cn1ccnc1NC1CCCC1. The van der Waals surface area contributed by atoms with Crippen LogP contribution in [0.4, 0.5) is 5.95 Å². The van der Waals surface area contributed by atoms with Crippen molar-refractivity contribution >= 4 is 5.95 Å². The number of nitrogens with one attached hydrogen (secondary N) is 1. The standard InChI is InChI=1S/C13H23N3O/c1-3-17-11(2)10-16-9-8-14-13(16)15-12-6-4-5-7-12/h8-9,11-12H,3-7,10H2,1-2H3,(H,14,15). The van der Waals surface area contributed by atoms with Crippen LogP contribution in [0.15, 0.2) is 12.4 Å². The molecule has 17 heavy (non-hydrogen) atoms. The summed E-state index contributed by atoms with van der Waals surface area (Å²) in [5.41, 5.74) is 0. The van der Waals surface area contributed by atoms with Crippen molar-refractivity contribution in [2.45, 2.75) is 58.2 Å². The number of hydrogen-bond donors (Lipinski definition) is 1. The highest BCUT2D eigenvalue weighted by molar-refractivity contribution is 5.28. The summed E-state index contributed by atoms with van der Waals surface area (Å²) in [6.07, 6.45) is 9.34. The van der Waals surface area contributed by atoms with Crippen LogP contribution in [-0.2, 0) is 11.3 Å². The van der Waals surface area contributed by atoms with Gasteiger partial charge in [0.05, 0.1) is 12.6 Å². The molecule has 1 unspecified atom stereocenters. The van der Waals surface area contributed by atoms with E-state index in [2.05, 4.69) is 21.8 Å². The molecule has 1 atom stereocenters. The third-order valence-corrected chi connectivity index (χ3v) is 3.31. The zero-order valence-electron chi connectivity index (χ0n) is 10.9. The second kappa shape index (κ2) is 6.05. The van der Waals surface area contributed by atoms with E-state index in [-0.39, 0.29) is 6.10 Å². The number of ether oxygens (including phenoxy) is 1. The van der Waals surface area contributed by atoms with Crippen LogP contribution < -0.4 is 5.32 Å². The molecule has 0 aromatic carbocycles. The fourth-order valence-electron chi connectivity index (χ4n) is 2.46. The first-order chi connectivity index (χ1) is 8.29. The van der Waals surface area contributed by atoms with Gasteiger partial charge in [-0.05, 0) is 26.7 Å². The third kappa shape index (κ3) is 3.46. The van der Waals surface area contributed by atoms with E-state index in [4.69, 9.17) is 4.74 Å². The van der Waals surface area contributed by atoms with Crippen LogP contribution in [0, 0.1) is 0 Å². The number of aromatic nitrogens is 2. The average molecular weight is 237 g/mol. The monoisotopic (exact) mass is 237 g/mol. The molecule has 96 valence electrons. The molecule has 0 radical (unpaired) electrons. The number of nitrogens with zero attached hydrogens (tertiary/aromatic N) is 2. The van der Waals surface area contributed by atoms with Crippen molar-refractivity contribution in [3.63, 3.8) is 0 Å². The lowest BCUT2D eigenvalue weighted by atomic mass is 10.2. The fourth-order valence-corrected chi connectivity index (χ4v) is 2.46. The average Bonchev–Trinajstić information content (AvgIpc) is 2.92. The molecule has 1 aromatic rings. The largest absolute Gasteiger partial charge is 0.377 e. The molecular weight excluding hydrogens is 214 g/mol. The van der Waals surface area contributed by atoms with Gasteiger partial charge in [0.25, 0.3) is 0 Å². The topological polar surface area (TPSA) is 39.1 Å². The molecule has 0 aliphatic heterocycles. The molecule has 1 N–H and O–H groups in total. The van der Waals surface area contributed by atoms with E-state index in [1.807, 2.05) is 19.3 Å². The van der Waals surface area contributed by atoms with E-state index in [1.54, 1.807) is 0 Å². The molecule has 1 heterocycles. The molecule has 0 spiro atoms. The smallest absolute Gasteiger partial charge is 0.203 e. The highest BCUT2D eigenvalue weighted by Crippen LogP contribution is 2.21. The zero-order valence-corrected chi connectivity index (χ0v) is 10.9. The zero-order chi connectivity index (χ0) is 12.1. The summed E-state index contributed by atoms with van der Waals surface area (Å²) in [5, 5.41) is 3.53. The van der Waals surface area contributed by atoms with E-state index >= 15 is 0 Å². The highest BCUT2D eigenvalue weighted by atomic mass is 16.5. The lowest BCUT2D eigenvalue weighted by Gasteiger charge is -2.17. The van der Waals surface area contributed by atoms with Gasteiger partial charge in [0.15, 0.2) is 0 Å². The van der Waals surface area contributed by atoms with Crippen LogP contribution >= 0.6 is 0 Å². The van der Waals surface area contributed by atoms with Gasteiger partial charge in [0.1, 0.15) is 0 Å². The molecule has 0 bridgehead atoms. The van der Waals surface area contributed by atoms with Crippen LogP contribution in [0.3, 0.4) is 0 Å². The first kappa shape index (κ1) is 12.4. The maximum atomic E-state index is 5.56. The van der Waals surface area contributed by atoms with Crippen molar-refractivity contribution in [2.24, 2.45) is 0 Å². The first-order valence-corrected chi connectivity index (χ1v) is 6.69. The number of rotatable bonds is 6. The lowest BCUT2D eigenvalue weighted by molar-refractivity contribution is 0.0644. The molecule has 0 saturated heterocycles. The number of hydrogen-bond acceptors (Lipinski definition) is 3. The van der Waals surface area contributed by atoms with Gasteiger partial charge in [-0.25, -0.2) is 4.98 Å². The molecule has 1 aromatic heterocycles. The summed E-state index contributed by atoms with van der Waals surface area (Å²) >= 11 is 0. The minimum Gasteiger partial charge on any atom is -0.377 e. The Morgan fingerprint density at radius 1 is 1.53 bits per heavy atom. The Labute approximate surface area is 103 Å². The van der Waals surface area contributed by atoms with Crippen LogP contribution in [0.25, 0.3) is 0 Å². The summed E-state index contributed by atoms with van der Waals surface area (Å²) < 4.78 is 7.72. The molecule has 1 fully saturated rings. The predicted octanol–water partition coefficient (Wildman–Crippen LogP) is 2.66. The minimum absolute atomic E-state index is 0.235. The van der Waals surface area contributed by atoms with E-state index in [0.29, 0.717) is 6.04 Å². The fraction of sp³-hybridized carbons (Fsp3) is 0.769. The van der Waals surface area contributed by atoms with Gasteiger partial charge >= 0.3 is 0 Å². The predicted molar refractivity (Wildman–Crippen MR) is 69.2 cm³/mol.